The maximum atomic E-state index is 6.62. The molecule has 0 atom stereocenters. The molecule has 0 aliphatic heterocycles. The third kappa shape index (κ3) is 4.99. The van der Waals surface area contributed by atoms with Crippen molar-refractivity contribution in [2.75, 3.05) is 4.90 Å². The first-order valence-corrected chi connectivity index (χ1v) is 20.5. The molecule has 3 heterocycles. The van der Waals surface area contributed by atoms with E-state index >= 15 is 0 Å². The third-order valence-electron chi connectivity index (χ3n) is 11.6. The van der Waals surface area contributed by atoms with Crippen LogP contribution in [0.3, 0.4) is 0 Å². The summed E-state index contributed by atoms with van der Waals surface area (Å²) in [5.74, 6) is 0. The molecule has 272 valence electrons. The summed E-state index contributed by atoms with van der Waals surface area (Å²) in [6.45, 7) is 0. The summed E-state index contributed by atoms with van der Waals surface area (Å²) in [6.07, 6.45) is 0. The van der Waals surface area contributed by atoms with Crippen LogP contribution in [0.1, 0.15) is 0 Å². The number of fused-ring (bicyclic) bond motifs is 9. The lowest BCUT2D eigenvalue weighted by atomic mass is 10.00. The van der Waals surface area contributed by atoms with E-state index < -0.39 is 0 Å². The highest BCUT2D eigenvalue weighted by Gasteiger charge is 2.25. The Bertz CT molecular complexity index is 3540. The molecule has 0 saturated heterocycles. The van der Waals surface area contributed by atoms with E-state index in [0.29, 0.717) is 0 Å². The summed E-state index contributed by atoms with van der Waals surface area (Å²) in [5, 5.41) is 7.18. The fourth-order valence-electron chi connectivity index (χ4n) is 9.09. The van der Waals surface area contributed by atoms with E-state index in [4.69, 9.17) is 4.42 Å². The zero-order valence-corrected chi connectivity index (χ0v) is 32.2. The highest BCUT2D eigenvalue weighted by Crippen LogP contribution is 2.49. The summed E-state index contributed by atoms with van der Waals surface area (Å²) in [5.41, 5.74) is 13.0. The number of hydrogen-bond acceptors (Lipinski definition) is 3. The first kappa shape index (κ1) is 32.8. The zero-order chi connectivity index (χ0) is 38.2. The highest BCUT2D eigenvalue weighted by molar-refractivity contribution is 7.25. The summed E-state index contributed by atoms with van der Waals surface area (Å²) in [7, 11) is 0. The SMILES string of the molecule is c1ccc(-c2ccccc2N(c2ccc3sc4ccccc4c3c2)c2cccc3c2c2ccccc2n3-c2ccccc2-c2cccc3c2oc2ccccc23)cc1. The van der Waals surface area contributed by atoms with Crippen LogP contribution in [0.2, 0.25) is 0 Å². The van der Waals surface area contributed by atoms with Crippen LogP contribution in [0.4, 0.5) is 17.1 Å². The molecule has 0 aliphatic rings. The van der Waals surface area contributed by atoms with Crippen molar-refractivity contribution < 1.29 is 4.42 Å². The minimum Gasteiger partial charge on any atom is -0.455 e. The molecule has 3 aromatic heterocycles. The number of rotatable bonds is 6. The van der Waals surface area contributed by atoms with Gasteiger partial charge < -0.3 is 13.9 Å². The molecule has 0 bridgehead atoms. The lowest BCUT2D eigenvalue weighted by Gasteiger charge is -2.29. The van der Waals surface area contributed by atoms with Crippen molar-refractivity contribution >= 4 is 92.3 Å². The molecule has 12 aromatic rings. The Hall–Kier alpha value is -7.40. The molecular formula is C54H34N2OS. The Labute approximate surface area is 338 Å². The van der Waals surface area contributed by atoms with E-state index in [-0.39, 0.29) is 0 Å². The van der Waals surface area contributed by atoms with Gasteiger partial charge in [0.25, 0.3) is 0 Å². The molecule has 0 saturated carbocycles. The molecule has 12 rings (SSSR count). The van der Waals surface area contributed by atoms with Crippen LogP contribution in [0.25, 0.3) is 91.9 Å². The van der Waals surface area contributed by atoms with Crippen molar-refractivity contribution in [2.45, 2.75) is 0 Å². The van der Waals surface area contributed by atoms with Gasteiger partial charge in [-0.25, -0.2) is 0 Å². The zero-order valence-electron chi connectivity index (χ0n) is 31.3. The molecule has 4 heteroatoms. The minimum absolute atomic E-state index is 0.897. The third-order valence-corrected chi connectivity index (χ3v) is 12.8. The van der Waals surface area contributed by atoms with Gasteiger partial charge in [0.05, 0.1) is 28.1 Å². The van der Waals surface area contributed by atoms with Gasteiger partial charge in [0, 0.05) is 64.1 Å². The van der Waals surface area contributed by atoms with Gasteiger partial charge in [-0.15, -0.1) is 11.3 Å². The van der Waals surface area contributed by atoms with E-state index in [0.717, 1.165) is 66.8 Å². The average molecular weight is 759 g/mol. The van der Waals surface area contributed by atoms with Crippen LogP contribution in [-0.2, 0) is 0 Å². The van der Waals surface area contributed by atoms with Gasteiger partial charge in [-0.05, 0) is 66.2 Å². The topological polar surface area (TPSA) is 21.3 Å². The fraction of sp³-hybridized carbons (Fsp3) is 0. The Morgan fingerprint density at radius 3 is 1.97 bits per heavy atom. The average Bonchev–Trinajstić information content (AvgIpc) is 3.97. The first-order valence-electron chi connectivity index (χ1n) is 19.7. The second-order valence-corrected chi connectivity index (χ2v) is 15.9. The van der Waals surface area contributed by atoms with Gasteiger partial charge in [-0.2, -0.15) is 0 Å². The monoisotopic (exact) mass is 758 g/mol. The van der Waals surface area contributed by atoms with E-state index in [1.165, 1.54) is 42.1 Å². The Morgan fingerprint density at radius 2 is 1.05 bits per heavy atom. The largest absolute Gasteiger partial charge is 0.455 e. The van der Waals surface area contributed by atoms with Gasteiger partial charge in [-0.1, -0.05) is 146 Å². The number of para-hydroxylation sites is 5. The number of thiophene rings is 1. The predicted molar refractivity (Wildman–Crippen MR) is 247 cm³/mol. The maximum absolute atomic E-state index is 6.62. The molecule has 0 spiro atoms. The van der Waals surface area contributed by atoms with E-state index in [9.17, 15) is 0 Å². The molecule has 0 fully saturated rings. The van der Waals surface area contributed by atoms with Crippen molar-refractivity contribution in [2.24, 2.45) is 0 Å². The normalized spacial score (nSPS) is 11.8. The van der Waals surface area contributed by atoms with Crippen LogP contribution >= 0.6 is 11.3 Å². The summed E-state index contributed by atoms with van der Waals surface area (Å²) < 4.78 is 11.6. The predicted octanol–water partition coefficient (Wildman–Crippen LogP) is 15.9. The minimum atomic E-state index is 0.897. The quantitative estimate of drug-likeness (QED) is 0.168. The molecular weight excluding hydrogens is 725 g/mol. The standard InChI is InChI=1S/C54H34N2OS/c1-2-16-35(17-3-1)37-18-4-9-25-45(37)55(36-32-33-52-44(34-36)40-21-8-13-31-51(40)58-52)48-28-15-29-49-53(48)43-22-6-11-27-47(43)56(49)46-26-10-5-19-38(46)41-23-14-24-42-39-20-7-12-30-50(39)57-54(41)42/h1-34H. The van der Waals surface area contributed by atoms with Crippen LogP contribution in [0, 0.1) is 0 Å². The number of furan rings is 1. The van der Waals surface area contributed by atoms with Gasteiger partial charge in [0.1, 0.15) is 11.2 Å². The summed E-state index contributed by atoms with van der Waals surface area (Å²) in [4.78, 5) is 2.48. The number of hydrogen-bond donors (Lipinski definition) is 0. The molecule has 9 aromatic carbocycles. The van der Waals surface area contributed by atoms with Gasteiger partial charge in [0.15, 0.2) is 0 Å². The molecule has 0 N–H and O–H groups in total. The van der Waals surface area contributed by atoms with Gasteiger partial charge in [0.2, 0.25) is 0 Å². The number of benzene rings is 9. The van der Waals surface area contributed by atoms with Crippen LogP contribution in [0.5, 0.6) is 0 Å². The molecule has 0 radical (unpaired) electrons. The van der Waals surface area contributed by atoms with Gasteiger partial charge in [-0.3, -0.25) is 0 Å². The fourth-order valence-corrected chi connectivity index (χ4v) is 10.2. The van der Waals surface area contributed by atoms with Crippen molar-refractivity contribution in [3.8, 4) is 27.9 Å². The second kappa shape index (κ2) is 13.1. The highest BCUT2D eigenvalue weighted by atomic mass is 32.1. The number of aromatic nitrogens is 1. The van der Waals surface area contributed by atoms with Crippen molar-refractivity contribution in [1.29, 1.82) is 0 Å². The Kier molecular flexibility index (Phi) is 7.40. The Morgan fingerprint density at radius 1 is 0.414 bits per heavy atom. The smallest absolute Gasteiger partial charge is 0.143 e. The first-order chi connectivity index (χ1) is 28.8. The van der Waals surface area contributed by atoms with Crippen molar-refractivity contribution in [3.63, 3.8) is 0 Å². The van der Waals surface area contributed by atoms with E-state index in [2.05, 4.69) is 210 Å². The van der Waals surface area contributed by atoms with Crippen molar-refractivity contribution in [1.82, 2.24) is 4.57 Å². The van der Waals surface area contributed by atoms with Gasteiger partial charge >= 0.3 is 0 Å². The molecule has 58 heavy (non-hydrogen) atoms. The lowest BCUT2D eigenvalue weighted by molar-refractivity contribution is 0.670. The Balaban J connectivity index is 1.15. The molecule has 0 amide bonds. The second-order valence-electron chi connectivity index (χ2n) is 14.8. The van der Waals surface area contributed by atoms with E-state index in [1.807, 2.05) is 17.4 Å². The maximum Gasteiger partial charge on any atom is 0.143 e. The molecule has 3 nitrogen and oxygen atoms in total. The summed E-state index contributed by atoms with van der Waals surface area (Å²) in [6, 6.07) is 74.5. The van der Waals surface area contributed by atoms with Crippen LogP contribution in [0.15, 0.2) is 211 Å². The lowest BCUT2D eigenvalue weighted by Crippen LogP contribution is -2.11. The molecule has 0 unspecified atom stereocenters. The van der Waals surface area contributed by atoms with Crippen LogP contribution < -0.4 is 4.90 Å². The van der Waals surface area contributed by atoms with Crippen molar-refractivity contribution in [3.05, 3.63) is 206 Å². The number of nitrogens with zero attached hydrogens (tertiary/aromatic N) is 2. The van der Waals surface area contributed by atoms with E-state index in [1.54, 1.807) is 0 Å². The van der Waals surface area contributed by atoms with Crippen LogP contribution in [-0.4, -0.2) is 4.57 Å². The number of anilines is 3. The molecule has 0 aliphatic carbocycles. The summed E-state index contributed by atoms with van der Waals surface area (Å²) >= 11 is 1.85.